The van der Waals surface area contributed by atoms with Crippen molar-refractivity contribution in [2.24, 2.45) is 11.8 Å². The van der Waals surface area contributed by atoms with Crippen LogP contribution in [0.5, 0.6) is 0 Å². The molecule has 4 nitrogen and oxygen atoms in total. The number of hydrogen-bond acceptors (Lipinski definition) is 2. The van der Waals surface area contributed by atoms with Gasteiger partial charge in [0.05, 0.1) is 0 Å². The summed E-state index contributed by atoms with van der Waals surface area (Å²) < 4.78 is 0. The highest BCUT2D eigenvalue weighted by atomic mass is 16.2. The molecule has 0 aromatic rings. The highest BCUT2D eigenvalue weighted by Crippen LogP contribution is 2.47. The number of hydrogen-bond donors (Lipinski definition) is 0. The van der Waals surface area contributed by atoms with E-state index >= 15 is 0 Å². The predicted molar refractivity (Wildman–Crippen MR) is 65.7 cm³/mol. The molecule has 4 heteroatoms. The molecular weight excluding hydrogens is 228 g/mol. The van der Waals surface area contributed by atoms with E-state index in [1.807, 2.05) is 9.80 Å². The Morgan fingerprint density at radius 3 is 2.61 bits per heavy atom. The van der Waals surface area contributed by atoms with Crippen LogP contribution in [0.15, 0.2) is 0 Å². The molecule has 0 aromatic heterocycles. The minimum absolute atomic E-state index is 0.120. The average Bonchev–Trinajstić information content (AvgIpc) is 3.06. The van der Waals surface area contributed by atoms with Crippen LogP contribution in [-0.2, 0) is 9.59 Å². The van der Waals surface area contributed by atoms with E-state index in [-0.39, 0.29) is 17.9 Å². The van der Waals surface area contributed by atoms with E-state index in [2.05, 4.69) is 0 Å². The number of fused-ring (bicyclic) bond motifs is 3. The summed E-state index contributed by atoms with van der Waals surface area (Å²) in [4.78, 5) is 28.4. The number of rotatable bonds is 1. The van der Waals surface area contributed by atoms with Crippen molar-refractivity contribution in [2.45, 2.75) is 50.6 Å². The Morgan fingerprint density at radius 2 is 1.89 bits per heavy atom. The Labute approximate surface area is 107 Å². The molecule has 2 bridgehead atoms. The first kappa shape index (κ1) is 10.8. The second kappa shape index (κ2) is 3.72. The summed E-state index contributed by atoms with van der Waals surface area (Å²) in [6.45, 7) is 1.14. The molecule has 4 fully saturated rings. The van der Waals surface area contributed by atoms with Gasteiger partial charge in [-0.05, 0) is 43.9 Å². The quantitative estimate of drug-likeness (QED) is 0.695. The highest BCUT2D eigenvalue weighted by molar-refractivity contribution is 5.95. The average molecular weight is 248 g/mol. The lowest BCUT2D eigenvalue weighted by Crippen LogP contribution is -2.60. The van der Waals surface area contributed by atoms with Crippen molar-refractivity contribution in [3.63, 3.8) is 0 Å². The SMILES string of the molecule is O=C1CN(C2CC3CCC2C3)C(=O)C2CCCN12. The van der Waals surface area contributed by atoms with Crippen LogP contribution in [0.25, 0.3) is 0 Å². The van der Waals surface area contributed by atoms with Gasteiger partial charge in [-0.1, -0.05) is 6.42 Å². The first-order chi connectivity index (χ1) is 8.74. The molecule has 4 unspecified atom stereocenters. The van der Waals surface area contributed by atoms with E-state index in [0.717, 1.165) is 31.7 Å². The van der Waals surface area contributed by atoms with Crippen LogP contribution in [-0.4, -0.2) is 46.8 Å². The van der Waals surface area contributed by atoms with Crippen LogP contribution in [0.4, 0.5) is 0 Å². The van der Waals surface area contributed by atoms with Gasteiger partial charge in [0, 0.05) is 12.6 Å². The van der Waals surface area contributed by atoms with Gasteiger partial charge in [0.15, 0.2) is 0 Å². The van der Waals surface area contributed by atoms with E-state index in [1.165, 1.54) is 19.3 Å². The predicted octanol–water partition coefficient (Wildman–Crippen LogP) is 1.01. The van der Waals surface area contributed by atoms with Crippen LogP contribution in [0.3, 0.4) is 0 Å². The third-order valence-electron chi connectivity index (χ3n) is 5.55. The van der Waals surface area contributed by atoms with Gasteiger partial charge in [-0.25, -0.2) is 0 Å². The number of carbonyl (C=O) groups excluding carboxylic acids is 2. The second-order valence-electron chi connectivity index (χ2n) is 6.45. The van der Waals surface area contributed by atoms with Gasteiger partial charge < -0.3 is 9.80 Å². The zero-order chi connectivity index (χ0) is 12.3. The third kappa shape index (κ3) is 1.38. The fourth-order valence-corrected chi connectivity index (χ4v) is 4.70. The lowest BCUT2D eigenvalue weighted by atomic mass is 9.92. The molecule has 4 aliphatic rings. The largest absolute Gasteiger partial charge is 0.329 e. The number of carbonyl (C=O) groups is 2. The van der Waals surface area contributed by atoms with E-state index in [9.17, 15) is 9.59 Å². The Hall–Kier alpha value is -1.06. The van der Waals surface area contributed by atoms with E-state index in [4.69, 9.17) is 0 Å². The zero-order valence-corrected chi connectivity index (χ0v) is 10.7. The maximum absolute atomic E-state index is 12.5. The van der Waals surface area contributed by atoms with Crippen molar-refractivity contribution in [3.8, 4) is 0 Å². The molecule has 0 radical (unpaired) electrons. The maximum atomic E-state index is 12.5. The van der Waals surface area contributed by atoms with Crippen molar-refractivity contribution >= 4 is 11.8 Å². The van der Waals surface area contributed by atoms with Gasteiger partial charge in [0.25, 0.3) is 0 Å². The molecule has 0 aromatic carbocycles. The maximum Gasteiger partial charge on any atom is 0.246 e. The highest BCUT2D eigenvalue weighted by Gasteiger charge is 2.49. The van der Waals surface area contributed by atoms with E-state index in [1.54, 1.807) is 0 Å². The van der Waals surface area contributed by atoms with Crippen molar-refractivity contribution in [2.75, 3.05) is 13.1 Å². The van der Waals surface area contributed by atoms with Crippen LogP contribution in [0.2, 0.25) is 0 Å². The summed E-state index contributed by atoms with van der Waals surface area (Å²) >= 11 is 0. The molecule has 98 valence electrons. The fraction of sp³-hybridized carbons (Fsp3) is 0.857. The molecule has 2 amide bonds. The van der Waals surface area contributed by atoms with Gasteiger partial charge in [-0.3, -0.25) is 9.59 Å². The van der Waals surface area contributed by atoms with E-state index < -0.39 is 0 Å². The second-order valence-corrected chi connectivity index (χ2v) is 6.45. The van der Waals surface area contributed by atoms with Gasteiger partial charge in [-0.2, -0.15) is 0 Å². The Bertz CT molecular complexity index is 409. The van der Waals surface area contributed by atoms with Gasteiger partial charge in [0.1, 0.15) is 12.6 Å². The first-order valence-corrected chi connectivity index (χ1v) is 7.34. The first-order valence-electron chi connectivity index (χ1n) is 7.34. The Kier molecular flexibility index (Phi) is 2.24. The smallest absolute Gasteiger partial charge is 0.246 e. The number of nitrogens with zero attached hydrogens (tertiary/aromatic N) is 2. The molecule has 2 saturated heterocycles. The van der Waals surface area contributed by atoms with Crippen molar-refractivity contribution < 1.29 is 9.59 Å². The molecule has 2 aliphatic carbocycles. The van der Waals surface area contributed by atoms with Crippen LogP contribution >= 0.6 is 0 Å². The third-order valence-corrected chi connectivity index (χ3v) is 5.55. The van der Waals surface area contributed by atoms with Crippen LogP contribution in [0, 0.1) is 11.8 Å². The number of piperazine rings is 1. The minimum atomic E-state index is -0.120. The summed E-state index contributed by atoms with van der Waals surface area (Å²) in [6, 6.07) is 0.258. The molecular formula is C14H20N2O2. The van der Waals surface area contributed by atoms with E-state index in [0.29, 0.717) is 18.5 Å². The lowest BCUT2D eigenvalue weighted by molar-refractivity contribution is -0.156. The summed E-state index contributed by atoms with van der Waals surface area (Å²) in [5, 5.41) is 0. The summed E-state index contributed by atoms with van der Waals surface area (Å²) in [5.74, 6) is 1.92. The molecule has 4 atom stereocenters. The normalized spacial score (nSPS) is 42.9. The standard InChI is InChI=1S/C14H20N2O2/c17-13-8-16(12-7-9-3-4-10(12)6-9)14(18)11-2-1-5-15(11)13/h9-12H,1-8H2. The summed E-state index contributed by atoms with van der Waals surface area (Å²) in [7, 11) is 0. The van der Waals surface area contributed by atoms with Gasteiger partial charge in [0.2, 0.25) is 11.8 Å². The van der Waals surface area contributed by atoms with Crippen molar-refractivity contribution in [1.82, 2.24) is 9.80 Å². The van der Waals surface area contributed by atoms with Crippen molar-refractivity contribution in [1.29, 1.82) is 0 Å². The number of amides is 2. The van der Waals surface area contributed by atoms with Crippen LogP contribution < -0.4 is 0 Å². The molecule has 18 heavy (non-hydrogen) atoms. The molecule has 2 heterocycles. The molecule has 0 spiro atoms. The van der Waals surface area contributed by atoms with Crippen molar-refractivity contribution in [3.05, 3.63) is 0 Å². The Morgan fingerprint density at radius 1 is 1.00 bits per heavy atom. The fourth-order valence-electron chi connectivity index (χ4n) is 4.70. The van der Waals surface area contributed by atoms with Gasteiger partial charge >= 0.3 is 0 Å². The lowest BCUT2D eigenvalue weighted by Gasteiger charge is -2.42. The van der Waals surface area contributed by atoms with Gasteiger partial charge in [-0.15, -0.1) is 0 Å². The topological polar surface area (TPSA) is 40.6 Å². The molecule has 4 rings (SSSR count). The van der Waals surface area contributed by atoms with Crippen LogP contribution in [0.1, 0.15) is 38.5 Å². The monoisotopic (exact) mass is 248 g/mol. The molecule has 2 saturated carbocycles. The molecule has 0 N–H and O–H groups in total. The molecule has 2 aliphatic heterocycles. The summed E-state index contributed by atoms with van der Waals surface area (Å²) in [5.41, 5.74) is 0. The Balaban J connectivity index is 1.58. The summed E-state index contributed by atoms with van der Waals surface area (Å²) in [6.07, 6.45) is 6.91. The zero-order valence-electron chi connectivity index (χ0n) is 10.7. The minimum Gasteiger partial charge on any atom is -0.329 e.